The predicted molar refractivity (Wildman–Crippen MR) is 116 cm³/mol. The smallest absolute Gasteiger partial charge is 0.337 e. The fraction of sp³-hybridized carbons (Fsp3) is 0.125. The number of fused-ring (bicyclic) bond motifs is 1. The summed E-state index contributed by atoms with van der Waals surface area (Å²) in [5.74, 6) is -0.323. The summed E-state index contributed by atoms with van der Waals surface area (Å²) in [7, 11) is 1.39. The fourth-order valence-corrected chi connectivity index (χ4v) is 4.39. The topological polar surface area (TPSA) is 38.3 Å². The predicted octanol–water partition coefficient (Wildman–Crippen LogP) is 6.08. The first-order chi connectivity index (χ1) is 13.7. The number of hydrogen-bond acceptors (Lipinski definition) is 4. The molecule has 1 aromatic heterocycles. The molecule has 1 unspecified atom stereocenters. The molecule has 1 atom stereocenters. The Morgan fingerprint density at radius 3 is 2.43 bits per heavy atom. The lowest BCUT2D eigenvalue weighted by Gasteiger charge is -2.20. The van der Waals surface area contributed by atoms with Crippen LogP contribution in [0.4, 0.5) is 5.69 Å². The molecule has 140 valence electrons. The van der Waals surface area contributed by atoms with Gasteiger partial charge in [0, 0.05) is 10.4 Å². The zero-order valence-corrected chi connectivity index (χ0v) is 16.4. The molecule has 3 aromatic carbocycles. The Morgan fingerprint density at radius 1 is 0.964 bits per heavy atom. The van der Waals surface area contributed by atoms with Gasteiger partial charge in [-0.25, -0.2) is 4.79 Å². The van der Waals surface area contributed by atoms with Crippen molar-refractivity contribution < 1.29 is 9.53 Å². The standard InChI is InChI=1S/C24H21NO2S/c1-27-24(26)18-11-13-19(14-12-18)25-22(15-17-7-3-2-4-8-17)21-16-28-23-10-6-5-9-20(21)23/h2-14,16,22,25H,15H2,1H3. The number of anilines is 1. The molecule has 4 aromatic rings. The largest absolute Gasteiger partial charge is 0.465 e. The summed E-state index contributed by atoms with van der Waals surface area (Å²) in [4.78, 5) is 11.7. The van der Waals surface area contributed by atoms with E-state index in [4.69, 9.17) is 4.74 Å². The van der Waals surface area contributed by atoms with Crippen LogP contribution in [-0.4, -0.2) is 13.1 Å². The van der Waals surface area contributed by atoms with Crippen molar-refractivity contribution in [3.63, 3.8) is 0 Å². The molecule has 4 rings (SSSR count). The molecule has 0 aliphatic rings. The first kappa shape index (κ1) is 18.3. The Bertz CT molecular complexity index is 1070. The minimum atomic E-state index is -0.323. The number of carbonyl (C=O) groups excluding carboxylic acids is 1. The molecule has 0 saturated carbocycles. The quantitative estimate of drug-likeness (QED) is 0.407. The summed E-state index contributed by atoms with van der Waals surface area (Å²) in [5, 5.41) is 7.19. The van der Waals surface area contributed by atoms with Crippen LogP contribution in [-0.2, 0) is 11.2 Å². The lowest BCUT2D eigenvalue weighted by Crippen LogP contribution is -2.13. The van der Waals surface area contributed by atoms with Crippen LogP contribution in [0.2, 0.25) is 0 Å². The average molecular weight is 388 g/mol. The van der Waals surface area contributed by atoms with E-state index < -0.39 is 0 Å². The van der Waals surface area contributed by atoms with Gasteiger partial charge in [0.1, 0.15) is 0 Å². The number of methoxy groups -OCH3 is 1. The van der Waals surface area contributed by atoms with Crippen molar-refractivity contribution in [2.45, 2.75) is 12.5 Å². The second-order valence-electron chi connectivity index (χ2n) is 6.64. The third-order valence-electron chi connectivity index (χ3n) is 4.82. The van der Waals surface area contributed by atoms with Crippen molar-refractivity contribution in [1.29, 1.82) is 0 Å². The molecule has 1 heterocycles. The first-order valence-electron chi connectivity index (χ1n) is 9.19. The molecular formula is C24H21NO2S. The van der Waals surface area contributed by atoms with E-state index in [2.05, 4.69) is 59.2 Å². The maximum Gasteiger partial charge on any atom is 0.337 e. The molecule has 0 aliphatic heterocycles. The van der Waals surface area contributed by atoms with Gasteiger partial charge >= 0.3 is 5.97 Å². The molecule has 0 spiro atoms. The number of rotatable bonds is 6. The zero-order valence-electron chi connectivity index (χ0n) is 15.6. The van der Waals surface area contributed by atoms with Gasteiger partial charge in [0.25, 0.3) is 0 Å². The van der Waals surface area contributed by atoms with Crippen molar-refractivity contribution in [3.8, 4) is 0 Å². The molecule has 28 heavy (non-hydrogen) atoms. The average Bonchev–Trinajstić information content (AvgIpc) is 3.18. The number of esters is 1. The van der Waals surface area contributed by atoms with Crippen molar-refractivity contribution >= 4 is 33.1 Å². The number of nitrogens with one attached hydrogen (secondary N) is 1. The van der Waals surface area contributed by atoms with Gasteiger partial charge in [-0.15, -0.1) is 11.3 Å². The molecule has 1 N–H and O–H groups in total. The van der Waals surface area contributed by atoms with Gasteiger partial charge in [0.15, 0.2) is 0 Å². The van der Waals surface area contributed by atoms with Crippen molar-refractivity contribution in [3.05, 3.63) is 101 Å². The summed E-state index contributed by atoms with van der Waals surface area (Å²) in [6, 6.07) is 26.6. The Balaban J connectivity index is 1.66. The van der Waals surface area contributed by atoms with Crippen LogP contribution in [0.15, 0.2) is 84.2 Å². The molecular weight excluding hydrogens is 366 g/mol. The molecule has 3 nitrogen and oxygen atoms in total. The Morgan fingerprint density at radius 2 is 1.68 bits per heavy atom. The van der Waals surface area contributed by atoms with Crippen molar-refractivity contribution in [2.75, 3.05) is 12.4 Å². The van der Waals surface area contributed by atoms with E-state index in [1.807, 2.05) is 18.2 Å². The molecule has 0 aliphatic carbocycles. The lowest BCUT2D eigenvalue weighted by atomic mass is 9.98. The van der Waals surface area contributed by atoms with Crippen LogP contribution >= 0.6 is 11.3 Å². The Kier molecular flexibility index (Phi) is 5.40. The van der Waals surface area contributed by atoms with Gasteiger partial charge in [-0.2, -0.15) is 0 Å². The highest BCUT2D eigenvalue weighted by Crippen LogP contribution is 2.34. The molecule has 0 radical (unpaired) electrons. The third kappa shape index (κ3) is 3.92. The molecule has 4 heteroatoms. The number of thiophene rings is 1. The van der Waals surface area contributed by atoms with E-state index in [1.165, 1.54) is 28.3 Å². The third-order valence-corrected chi connectivity index (χ3v) is 5.80. The lowest BCUT2D eigenvalue weighted by molar-refractivity contribution is 0.0601. The van der Waals surface area contributed by atoms with Gasteiger partial charge in [-0.1, -0.05) is 48.5 Å². The van der Waals surface area contributed by atoms with Gasteiger partial charge in [0.05, 0.1) is 18.7 Å². The van der Waals surface area contributed by atoms with E-state index in [0.29, 0.717) is 5.56 Å². The van der Waals surface area contributed by atoms with Gasteiger partial charge in [-0.3, -0.25) is 0 Å². The second-order valence-corrected chi connectivity index (χ2v) is 7.55. The van der Waals surface area contributed by atoms with Crippen molar-refractivity contribution in [2.24, 2.45) is 0 Å². The maximum absolute atomic E-state index is 11.7. The van der Waals surface area contributed by atoms with Gasteiger partial charge < -0.3 is 10.1 Å². The molecule has 0 amide bonds. The highest BCUT2D eigenvalue weighted by Gasteiger charge is 2.17. The fourth-order valence-electron chi connectivity index (χ4n) is 3.38. The van der Waals surface area contributed by atoms with Crippen LogP contribution in [0, 0.1) is 0 Å². The highest BCUT2D eigenvalue weighted by molar-refractivity contribution is 7.17. The highest BCUT2D eigenvalue weighted by atomic mass is 32.1. The molecule has 0 bridgehead atoms. The van der Waals surface area contributed by atoms with Crippen LogP contribution < -0.4 is 5.32 Å². The van der Waals surface area contributed by atoms with E-state index in [-0.39, 0.29) is 12.0 Å². The van der Waals surface area contributed by atoms with Crippen LogP contribution in [0.1, 0.15) is 27.5 Å². The summed E-state index contributed by atoms with van der Waals surface area (Å²) in [6.07, 6.45) is 0.875. The summed E-state index contributed by atoms with van der Waals surface area (Å²) in [5.41, 5.74) is 4.10. The maximum atomic E-state index is 11.7. The number of hydrogen-bond donors (Lipinski definition) is 1. The number of carbonyl (C=O) groups is 1. The zero-order chi connectivity index (χ0) is 19.3. The van der Waals surface area contributed by atoms with E-state index in [0.717, 1.165) is 12.1 Å². The summed E-state index contributed by atoms with van der Waals surface area (Å²) < 4.78 is 6.08. The number of benzene rings is 3. The molecule has 0 saturated heterocycles. The monoisotopic (exact) mass is 387 g/mol. The van der Waals surface area contributed by atoms with Crippen LogP contribution in [0.5, 0.6) is 0 Å². The Hall–Kier alpha value is -3.11. The van der Waals surface area contributed by atoms with Gasteiger partial charge in [0.2, 0.25) is 0 Å². The first-order valence-corrected chi connectivity index (χ1v) is 10.1. The minimum Gasteiger partial charge on any atom is -0.465 e. The Labute approximate surface area is 168 Å². The van der Waals surface area contributed by atoms with E-state index in [1.54, 1.807) is 23.5 Å². The SMILES string of the molecule is COC(=O)c1ccc(NC(Cc2ccccc2)c2csc3ccccc23)cc1. The van der Waals surface area contributed by atoms with Crippen LogP contribution in [0.25, 0.3) is 10.1 Å². The minimum absolute atomic E-state index is 0.127. The summed E-state index contributed by atoms with van der Waals surface area (Å²) in [6.45, 7) is 0. The molecule has 0 fully saturated rings. The van der Waals surface area contributed by atoms with Crippen LogP contribution in [0.3, 0.4) is 0 Å². The second kappa shape index (κ2) is 8.28. The van der Waals surface area contributed by atoms with Crippen molar-refractivity contribution in [1.82, 2.24) is 0 Å². The van der Waals surface area contributed by atoms with E-state index in [9.17, 15) is 4.79 Å². The normalized spacial score (nSPS) is 11.9. The number of ether oxygens (including phenoxy) is 1. The van der Waals surface area contributed by atoms with Gasteiger partial charge in [-0.05, 0) is 58.6 Å². The van der Waals surface area contributed by atoms with E-state index >= 15 is 0 Å². The summed E-state index contributed by atoms with van der Waals surface area (Å²) >= 11 is 1.77.